The maximum Gasteiger partial charge on any atom is 0.0485 e. The predicted molar refractivity (Wildman–Crippen MR) is 89.4 cm³/mol. The van der Waals surface area contributed by atoms with Crippen LogP contribution in [0.5, 0.6) is 0 Å². The van der Waals surface area contributed by atoms with Gasteiger partial charge in [0.25, 0.3) is 0 Å². The highest BCUT2D eigenvalue weighted by Gasteiger charge is 2.09. The fraction of sp³-hybridized carbons (Fsp3) is 0.167. The molecule has 0 spiro atoms. The number of hydrogen-bond donors (Lipinski definition) is 2. The number of hydrogen-bond acceptors (Lipinski definition) is 3. The van der Waals surface area contributed by atoms with Gasteiger partial charge in [-0.1, -0.05) is 30.3 Å². The molecular formula is C18H19N3. The van der Waals surface area contributed by atoms with Crippen molar-refractivity contribution in [3.05, 3.63) is 66.0 Å². The average molecular weight is 277 g/mol. The second kappa shape index (κ2) is 5.44. The quantitative estimate of drug-likeness (QED) is 0.702. The number of anilines is 2. The predicted octanol–water partition coefficient (Wildman–Crippen LogP) is 4.30. The van der Waals surface area contributed by atoms with Crippen molar-refractivity contribution >= 4 is 22.1 Å². The Morgan fingerprint density at radius 3 is 2.57 bits per heavy atom. The third-order valence-corrected chi connectivity index (χ3v) is 3.74. The van der Waals surface area contributed by atoms with Gasteiger partial charge in [-0.05, 0) is 37.6 Å². The van der Waals surface area contributed by atoms with Gasteiger partial charge in [0.05, 0.1) is 0 Å². The summed E-state index contributed by atoms with van der Waals surface area (Å²) >= 11 is 0. The average Bonchev–Trinajstić information content (AvgIpc) is 2.51. The van der Waals surface area contributed by atoms with E-state index in [2.05, 4.69) is 47.6 Å². The Bertz CT molecular complexity index is 766. The molecule has 1 atom stereocenters. The molecule has 0 aliphatic rings. The summed E-state index contributed by atoms with van der Waals surface area (Å²) in [6.45, 7) is 4.15. The molecule has 2 aromatic carbocycles. The lowest BCUT2D eigenvalue weighted by Gasteiger charge is -2.18. The van der Waals surface area contributed by atoms with Gasteiger partial charge in [-0.15, -0.1) is 0 Å². The maximum absolute atomic E-state index is 6.05. The van der Waals surface area contributed by atoms with Crippen molar-refractivity contribution in [2.75, 3.05) is 11.1 Å². The molecule has 0 aliphatic carbocycles. The van der Waals surface area contributed by atoms with Crippen molar-refractivity contribution in [3.63, 3.8) is 0 Å². The van der Waals surface area contributed by atoms with Crippen LogP contribution in [0.1, 0.15) is 24.2 Å². The van der Waals surface area contributed by atoms with Crippen LogP contribution < -0.4 is 11.1 Å². The van der Waals surface area contributed by atoms with Crippen molar-refractivity contribution < 1.29 is 0 Å². The summed E-state index contributed by atoms with van der Waals surface area (Å²) in [5, 5.41) is 5.68. The van der Waals surface area contributed by atoms with Gasteiger partial charge in [0.1, 0.15) is 0 Å². The van der Waals surface area contributed by atoms with E-state index in [1.807, 2.05) is 31.3 Å². The topological polar surface area (TPSA) is 50.9 Å². The number of aromatic nitrogens is 1. The standard InChI is InChI=1S/C18H19N3/c1-12-10-15-16(11-20-12)17(19)8-9-18(15)21-13(2)14-6-4-3-5-7-14/h3-11,13,21H,19H2,1-2H3. The molecule has 1 aromatic heterocycles. The minimum atomic E-state index is 0.228. The van der Waals surface area contributed by atoms with Crippen molar-refractivity contribution in [1.82, 2.24) is 4.98 Å². The van der Waals surface area contributed by atoms with Crippen molar-refractivity contribution in [3.8, 4) is 0 Å². The number of nitrogens with two attached hydrogens (primary N) is 1. The van der Waals surface area contributed by atoms with Crippen molar-refractivity contribution in [2.24, 2.45) is 0 Å². The molecule has 1 heterocycles. The highest BCUT2D eigenvalue weighted by Crippen LogP contribution is 2.30. The van der Waals surface area contributed by atoms with E-state index in [-0.39, 0.29) is 6.04 Å². The Balaban J connectivity index is 2.01. The molecule has 0 saturated heterocycles. The normalized spacial score (nSPS) is 12.3. The molecule has 0 fully saturated rings. The highest BCUT2D eigenvalue weighted by molar-refractivity contribution is 6.00. The van der Waals surface area contributed by atoms with Crippen LogP contribution in [-0.2, 0) is 0 Å². The summed E-state index contributed by atoms with van der Waals surface area (Å²) in [5.41, 5.74) is 10.1. The summed E-state index contributed by atoms with van der Waals surface area (Å²) in [5.74, 6) is 0. The maximum atomic E-state index is 6.05. The number of nitrogen functional groups attached to an aromatic ring is 1. The number of benzene rings is 2. The molecule has 0 bridgehead atoms. The van der Waals surface area contributed by atoms with Crippen LogP contribution in [0.15, 0.2) is 54.7 Å². The monoisotopic (exact) mass is 277 g/mol. The second-order valence-corrected chi connectivity index (χ2v) is 5.35. The fourth-order valence-electron chi connectivity index (χ4n) is 2.55. The molecule has 0 aliphatic heterocycles. The van der Waals surface area contributed by atoms with Gasteiger partial charge in [0.2, 0.25) is 0 Å². The first-order chi connectivity index (χ1) is 10.1. The number of fused-ring (bicyclic) bond motifs is 1. The minimum absolute atomic E-state index is 0.228. The van der Waals surface area contributed by atoms with Crippen LogP contribution in [0.4, 0.5) is 11.4 Å². The SMILES string of the molecule is Cc1cc2c(NC(C)c3ccccc3)ccc(N)c2cn1. The van der Waals surface area contributed by atoms with E-state index in [9.17, 15) is 0 Å². The molecule has 3 heteroatoms. The van der Waals surface area contributed by atoms with E-state index in [0.29, 0.717) is 0 Å². The molecule has 106 valence electrons. The molecule has 3 aromatic rings. The highest BCUT2D eigenvalue weighted by atomic mass is 14.9. The zero-order valence-corrected chi connectivity index (χ0v) is 12.3. The summed E-state index contributed by atoms with van der Waals surface area (Å²) in [4.78, 5) is 4.34. The first-order valence-electron chi connectivity index (χ1n) is 7.11. The number of nitrogens with zero attached hydrogens (tertiary/aromatic N) is 1. The van der Waals surface area contributed by atoms with Gasteiger partial charge in [0.15, 0.2) is 0 Å². The molecule has 3 N–H and O–H groups in total. The Labute approximate surface area is 124 Å². The molecule has 3 nitrogen and oxygen atoms in total. The van der Waals surface area contributed by atoms with Crippen LogP contribution in [-0.4, -0.2) is 4.98 Å². The lowest BCUT2D eigenvalue weighted by Crippen LogP contribution is -2.07. The van der Waals surface area contributed by atoms with Crippen LogP contribution in [0, 0.1) is 6.92 Å². The molecule has 0 amide bonds. The van der Waals surface area contributed by atoms with Gasteiger partial charge >= 0.3 is 0 Å². The molecule has 0 radical (unpaired) electrons. The zero-order chi connectivity index (χ0) is 14.8. The van der Waals surface area contributed by atoms with Gasteiger partial charge in [0, 0.05) is 40.1 Å². The number of rotatable bonds is 3. The van der Waals surface area contributed by atoms with E-state index in [1.165, 1.54) is 5.56 Å². The van der Waals surface area contributed by atoms with Gasteiger partial charge < -0.3 is 11.1 Å². The number of pyridine rings is 1. The molecule has 3 rings (SSSR count). The lowest BCUT2D eigenvalue weighted by atomic mass is 10.1. The lowest BCUT2D eigenvalue weighted by molar-refractivity contribution is 0.887. The van der Waals surface area contributed by atoms with Gasteiger partial charge in [-0.2, -0.15) is 0 Å². The second-order valence-electron chi connectivity index (χ2n) is 5.35. The van der Waals surface area contributed by atoms with E-state index in [4.69, 9.17) is 5.73 Å². The summed E-state index contributed by atoms with van der Waals surface area (Å²) in [6, 6.07) is 16.7. The third-order valence-electron chi connectivity index (χ3n) is 3.74. The van der Waals surface area contributed by atoms with E-state index in [0.717, 1.165) is 27.8 Å². The fourth-order valence-corrected chi connectivity index (χ4v) is 2.55. The summed E-state index contributed by atoms with van der Waals surface area (Å²) in [7, 11) is 0. The van der Waals surface area contributed by atoms with Crippen molar-refractivity contribution in [2.45, 2.75) is 19.9 Å². The third kappa shape index (κ3) is 2.68. The smallest absolute Gasteiger partial charge is 0.0485 e. The Kier molecular flexibility index (Phi) is 3.48. The number of nitrogens with one attached hydrogen (secondary N) is 1. The van der Waals surface area contributed by atoms with Gasteiger partial charge in [-0.25, -0.2) is 0 Å². The van der Waals surface area contributed by atoms with E-state index >= 15 is 0 Å². The molecule has 1 unspecified atom stereocenters. The largest absolute Gasteiger partial charge is 0.398 e. The van der Waals surface area contributed by atoms with Gasteiger partial charge in [-0.3, -0.25) is 4.98 Å². The summed E-state index contributed by atoms with van der Waals surface area (Å²) in [6.07, 6.45) is 1.85. The Morgan fingerprint density at radius 2 is 1.81 bits per heavy atom. The summed E-state index contributed by atoms with van der Waals surface area (Å²) < 4.78 is 0. The number of aryl methyl sites for hydroxylation is 1. The van der Waals surface area contributed by atoms with E-state index in [1.54, 1.807) is 0 Å². The zero-order valence-electron chi connectivity index (χ0n) is 12.3. The van der Waals surface area contributed by atoms with Crippen LogP contribution in [0.2, 0.25) is 0 Å². The Morgan fingerprint density at radius 1 is 1.05 bits per heavy atom. The van der Waals surface area contributed by atoms with E-state index < -0.39 is 0 Å². The van der Waals surface area contributed by atoms with Crippen LogP contribution in [0.25, 0.3) is 10.8 Å². The first-order valence-corrected chi connectivity index (χ1v) is 7.11. The molecule has 0 saturated carbocycles. The van der Waals surface area contributed by atoms with Crippen LogP contribution >= 0.6 is 0 Å². The molecule has 21 heavy (non-hydrogen) atoms. The van der Waals surface area contributed by atoms with Crippen LogP contribution in [0.3, 0.4) is 0 Å². The minimum Gasteiger partial charge on any atom is -0.398 e. The van der Waals surface area contributed by atoms with Crippen molar-refractivity contribution in [1.29, 1.82) is 0 Å². The Hall–Kier alpha value is -2.55. The first kappa shape index (κ1) is 13.4. The molecular weight excluding hydrogens is 258 g/mol.